The number of methoxy groups -OCH3 is 2. The van der Waals surface area contributed by atoms with Gasteiger partial charge in [-0.3, -0.25) is 4.79 Å². The minimum atomic E-state index is -0.139. The minimum absolute atomic E-state index is 0.139. The molecule has 0 spiro atoms. The summed E-state index contributed by atoms with van der Waals surface area (Å²) in [5.74, 6) is 1.24. The molecule has 21 heavy (non-hydrogen) atoms. The number of benzene rings is 2. The highest BCUT2D eigenvalue weighted by atomic mass is 16.5. The Balaban J connectivity index is 2.04. The predicted octanol–water partition coefficient (Wildman–Crippen LogP) is 2.47. The van der Waals surface area contributed by atoms with E-state index in [1.54, 1.807) is 32.4 Å². The average molecular weight is 286 g/mol. The SMILES string of the molecule is COc1cccc(CC(=O)Nc2ccc(OC)cc2N)c1. The van der Waals surface area contributed by atoms with Gasteiger partial charge in [0, 0.05) is 6.07 Å². The number of hydrogen-bond acceptors (Lipinski definition) is 4. The molecular weight excluding hydrogens is 268 g/mol. The van der Waals surface area contributed by atoms with E-state index in [2.05, 4.69) is 5.32 Å². The second-order valence-electron chi connectivity index (χ2n) is 4.53. The quantitative estimate of drug-likeness (QED) is 0.828. The molecule has 110 valence electrons. The predicted molar refractivity (Wildman–Crippen MR) is 82.7 cm³/mol. The lowest BCUT2D eigenvalue weighted by Gasteiger charge is -2.10. The fraction of sp³-hybridized carbons (Fsp3) is 0.188. The maximum atomic E-state index is 12.0. The Morgan fingerprint density at radius 1 is 1.10 bits per heavy atom. The molecule has 5 nitrogen and oxygen atoms in total. The van der Waals surface area contributed by atoms with E-state index >= 15 is 0 Å². The van der Waals surface area contributed by atoms with Crippen LogP contribution in [-0.4, -0.2) is 20.1 Å². The number of nitrogens with two attached hydrogens (primary N) is 1. The summed E-state index contributed by atoms with van der Waals surface area (Å²) in [6.07, 6.45) is 0.253. The second kappa shape index (κ2) is 6.65. The van der Waals surface area contributed by atoms with Gasteiger partial charge >= 0.3 is 0 Å². The lowest BCUT2D eigenvalue weighted by atomic mass is 10.1. The Hall–Kier alpha value is -2.69. The van der Waals surface area contributed by atoms with Crippen LogP contribution in [0.25, 0.3) is 0 Å². The van der Waals surface area contributed by atoms with Gasteiger partial charge in [-0.15, -0.1) is 0 Å². The van der Waals surface area contributed by atoms with Gasteiger partial charge in [0.2, 0.25) is 5.91 Å². The van der Waals surface area contributed by atoms with E-state index in [0.717, 1.165) is 11.3 Å². The van der Waals surface area contributed by atoms with Crippen molar-refractivity contribution in [3.8, 4) is 11.5 Å². The summed E-state index contributed by atoms with van der Waals surface area (Å²) in [4.78, 5) is 12.0. The molecule has 0 unspecified atom stereocenters. The molecule has 0 heterocycles. The highest BCUT2D eigenvalue weighted by Gasteiger charge is 2.08. The molecule has 1 amide bonds. The lowest BCUT2D eigenvalue weighted by molar-refractivity contribution is -0.115. The molecule has 0 aliphatic carbocycles. The van der Waals surface area contributed by atoms with Gasteiger partial charge < -0.3 is 20.5 Å². The third-order valence-electron chi connectivity index (χ3n) is 3.03. The summed E-state index contributed by atoms with van der Waals surface area (Å²) in [5, 5.41) is 2.79. The van der Waals surface area contributed by atoms with E-state index in [4.69, 9.17) is 15.2 Å². The van der Waals surface area contributed by atoms with Gasteiger partial charge in [0.1, 0.15) is 11.5 Å². The molecule has 0 saturated heterocycles. The van der Waals surface area contributed by atoms with Crippen molar-refractivity contribution in [2.75, 3.05) is 25.3 Å². The Morgan fingerprint density at radius 3 is 2.48 bits per heavy atom. The molecule has 0 radical (unpaired) electrons. The minimum Gasteiger partial charge on any atom is -0.497 e. The maximum Gasteiger partial charge on any atom is 0.228 e. The average Bonchev–Trinajstić information content (AvgIpc) is 2.49. The summed E-state index contributed by atoms with van der Waals surface area (Å²) in [6, 6.07) is 12.5. The molecule has 0 fully saturated rings. The van der Waals surface area contributed by atoms with Gasteiger partial charge in [0.25, 0.3) is 0 Å². The van der Waals surface area contributed by atoms with Crippen LogP contribution in [0.5, 0.6) is 11.5 Å². The van der Waals surface area contributed by atoms with Gasteiger partial charge in [0.15, 0.2) is 0 Å². The standard InChI is InChI=1S/C16H18N2O3/c1-20-12-5-3-4-11(8-12)9-16(19)18-15-7-6-13(21-2)10-14(15)17/h3-8,10H,9,17H2,1-2H3,(H,18,19). The third kappa shape index (κ3) is 3.89. The van der Waals surface area contributed by atoms with Crippen molar-refractivity contribution in [1.82, 2.24) is 0 Å². The Bertz CT molecular complexity index is 641. The van der Waals surface area contributed by atoms with E-state index < -0.39 is 0 Å². The number of carbonyl (C=O) groups excluding carboxylic acids is 1. The number of nitrogens with one attached hydrogen (secondary N) is 1. The van der Waals surface area contributed by atoms with E-state index in [0.29, 0.717) is 17.1 Å². The Morgan fingerprint density at radius 2 is 1.81 bits per heavy atom. The molecule has 0 aromatic heterocycles. The van der Waals surface area contributed by atoms with Gasteiger partial charge in [-0.05, 0) is 29.8 Å². The first kappa shape index (κ1) is 14.7. The van der Waals surface area contributed by atoms with Crippen LogP contribution in [0.1, 0.15) is 5.56 Å². The van der Waals surface area contributed by atoms with E-state index in [1.807, 2.05) is 24.3 Å². The van der Waals surface area contributed by atoms with E-state index in [9.17, 15) is 4.79 Å². The fourth-order valence-electron chi connectivity index (χ4n) is 1.94. The molecule has 0 aliphatic heterocycles. The monoisotopic (exact) mass is 286 g/mol. The summed E-state index contributed by atoms with van der Waals surface area (Å²) in [5.41, 5.74) is 7.78. The normalized spacial score (nSPS) is 10.0. The zero-order valence-corrected chi connectivity index (χ0v) is 12.1. The van der Waals surface area contributed by atoms with Gasteiger partial charge in [-0.2, -0.15) is 0 Å². The van der Waals surface area contributed by atoms with Crippen LogP contribution in [0, 0.1) is 0 Å². The fourth-order valence-corrected chi connectivity index (χ4v) is 1.94. The molecule has 2 aromatic carbocycles. The number of rotatable bonds is 5. The number of ether oxygens (including phenoxy) is 2. The van der Waals surface area contributed by atoms with Crippen molar-refractivity contribution >= 4 is 17.3 Å². The first-order valence-electron chi connectivity index (χ1n) is 6.48. The van der Waals surface area contributed by atoms with Crippen LogP contribution < -0.4 is 20.5 Å². The lowest BCUT2D eigenvalue weighted by Crippen LogP contribution is -2.15. The topological polar surface area (TPSA) is 73.6 Å². The Kier molecular flexibility index (Phi) is 4.66. The second-order valence-corrected chi connectivity index (χ2v) is 4.53. The van der Waals surface area contributed by atoms with Crippen molar-refractivity contribution < 1.29 is 14.3 Å². The van der Waals surface area contributed by atoms with Crippen molar-refractivity contribution in [2.45, 2.75) is 6.42 Å². The highest BCUT2D eigenvalue weighted by Crippen LogP contribution is 2.24. The van der Waals surface area contributed by atoms with Crippen LogP contribution in [-0.2, 0) is 11.2 Å². The van der Waals surface area contributed by atoms with Gasteiger partial charge in [-0.25, -0.2) is 0 Å². The van der Waals surface area contributed by atoms with Gasteiger partial charge in [-0.1, -0.05) is 12.1 Å². The first-order chi connectivity index (χ1) is 10.1. The smallest absolute Gasteiger partial charge is 0.228 e. The maximum absolute atomic E-state index is 12.0. The summed E-state index contributed by atoms with van der Waals surface area (Å²) >= 11 is 0. The number of carbonyl (C=O) groups is 1. The molecule has 0 saturated carbocycles. The Labute approximate surface area is 123 Å². The first-order valence-corrected chi connectivity index (χ1v) is 6.48. The molecule has 2 aromatic rings. The van der Waals surface area contributed by atoms with Crippen LogP contribution in [0.3, 0.4) is 0 Å². The molecular formula is C16H18N2O3. The molecule has 0 bridgehead atoms. The third-order valence-corrected chi connectivity index (χ3v) is 3.03. The van der Waals surface area contributed by atoms with Crippen molar-refractivity contribution in [3.63, 3.8) is 0 Å². The summed E-state index contributed by atoms with van der Waals surface area (Å²) in [7, 11) is 3.16. The molecule has 0 aliphatic rings. The van der Waals surface area contributed by atoms with Crippen LogP contribution in [0.2, 0.25) is 0 Å². The number of hydrogen-bond donors (Lipinski definition) is 2. The van der Waals surface area contributed by atoms with Crippen LogP contribution in [0.4, 0.5) is 11.4 Å². The molecule has 2 rings (SSSR count). The largest absolute Gasteiger partial charge is 0.497 e. The van der Waals surface area contributed by atoms with Crippen LogP contribution >= 0.6 is 0 Å². The van der Waals surface area contributed by atoms with Crippen molar-refractivity contribution in [1.29, 1.82) is 0 Å². The van der Waals surface area contributed by atoms with E-state index in [1.165, 1.54) is 0 Å². The number of anilines is 2. The van der Waals surface area contributed by atoms with E-state index in [-0.39, 0.29) is 12.3 Å². The number of amides is 1. The van der Waals surface area contributed by atoms with Crippen LogP contribution in [0.15, 0.2) is 42.5 Å². The zero-order valence-electron chi connectivity index (χ0n) is 12.1. The highest BCUT2D eigenvalue weighted by molar-refractivity contribution is 5.95. The zero-order chi connectivity index (χ0) is 15.2. The van der Waals surface area contributed by atoms with Gasteiger partial charge in [0.05, 0.1) is 32.0 Å². The summed E-state index contributed by atoms with van der Waals surface area (Å²) in [6.45, 7) is 0. The summed E-state index contributed by atoms with van der Waals surface area (Å²) < 4.78 is 10.2. The van der Waals surface area contributed by atoms with Crippen molar-refractivity contribution in [2.24, 2.45) is 0 Å². The number of nitrogen functional groups attached to an aromatic ring is 1. The molecule has 5 heteroatoms. The molecule has 0 atom stereocenters. The molecule has 3 N–H and O–H groups in total. The van der Waals surface area contributed by atoms with Crippen molar-refractivity contribution in [3.05, 3.63) is 48.0 Å².